The first-order valence-electron chi connectivity index (χ1n) is 10.00. The number of ether oxygens (including phenoxy) is 3. The maximum atomic E-state index is 12.4. The number of methoxy groups -OCH3 is 2. The van der Waals surface area contributed by atoms with Gasteiger partial charge in [-0.1, -0.05) is 12.1 Å². The lowest BCUT2D eigenvalue weighted by atomic mass is 10.2. The molecule has 0 unspecified atom stereocenters. The molecule has 4 rings (SSSR count). The summed E-state index contributed by atoms with van der Waals surface area (Å²) in [4.78, 5) is 21.0. The van der Waals surface area contributed by atoms with Crippen molar-refractivity contribution >= 4 is 62.4 Å². The molecule has 0 atom stereocenters. The number of thiocarbonyl (C=S) groups is 1. The molecule has 0 radical (unpaired) electrons. The highest BCUT2D eigenvalue weighted by molar-refractivity contribution is 14.1. The van der Waals surface area contributed by atoms with Gasteiger partial charge in [-0.25, -0.2) is 9.97 Å². The van der Waals surface area contributed by atoms with E-state index in [1.54, 1.807) is 62.8 Å². The smallest absolute Gasteiger partial charge is 0.258 e. The summed E-state index contributed by atoms with van der Waals surface area (Å²) in [5.74, 6) is 1.79. The molecular formula is C24H19IN4O4S. The summed E-state index contributed by atoms with van der Waals surface area (Å²) in [5.41, 5.74) is 1.91. The van der Waals surface area contributed by atoms with Crippen LogP contribution in [0.3, 0.4) is 0 Å². The number of carbonyl (C=O) groups is 1. The van der Waals surface area contributed by atoms with Gasteiger partial charge >= 0.3 is 0 Å². The van der Waals surface area contributed by atoms with Gasteiger partial charge in [0.2, 0.25) is 5.88 Å². The van der Waals surface area contributed by atoms with Gasteiger partial charge in [0.1, 0.15) is 12.1 Å². The van der Waals surface area contributed by atoms with Crippen molar-refractivity contribution in [3.63, 3.8) is 0 Å². The number of halogens is 1. The van der Waals surface area contributed by atoms with Gasteiger partial charge in [-0.3, -0.25) is 10.1 Å². The van der Waals surface area contributed by atoms with Crippen molar-refractivity contribution < 1.29 is 19.0 Å². The third-order valence-electron chi connectivity index (χ3n) is 4.78. The molecule has 172 valence electrons. The Labute approximate surface area is 214 Å². The highest BCUT2D eigenvalue weighted by Crippen LogP contribution is 2.35. The molecule has 2 N–H and O–H groups in total. The van der Waals surface area contributed by atoms with Crippen LogP contribution in [0.15, 0.2) is 67.0 Å². The van der Waals surface area contributed by atoms with Crippen molar-refractivity contribution in [2.24, 2.45) is 0 Å². The standard InChI is InChI=1S/C24H19IN4O4S/c1-31-20-11-17-19(12-21(20)32-2)26-13-27-23(17)33-15-9-7-14(8-10-15)28-24(34)29-22(30)16-5-3-4-6-18(16)25/h3-13H,1-2H3,(H2,28,29,30,34). The molecule has 0 saturated carbocycles. The van der Waals surface area contributed by atoms with Crippen LogP contribution in [0.25, 0.3) is 10.9 Å². The van der Waals surface area contributed by atoms with E-state index in [9.17, 15) is 4.79 Å². The molecule has 3 aromatic carbocycles. The minimum absolute atomic E-state index is 0.196. The number of benzene rings is 3. The SMILES string of the molecule is COc1cc2ncnc(Oc3ccc(NC(=S)NC(=O)c4ccccc4I)cc3)c2cc1OC. The lowest BCUT2D eigenvalue weighted by Gasteiger charge is -2.12. The van der Waals surface area contributed by atoms with E-state index in [2.05, 4.69) is 43.2 Å². The normalized spacial score (nSPS) is 10.4. The topological polar surface area (TPSA) is 94.6 Å². The van der Waals surface area contributed by atoms with Crippen LogP contribution in [-0.4, -0.2) is 35.2 Å². The van der Waals surface area contributed by atoms with Gasteiger partial charge in [-0.2, -0.15) is 0 Å². The number of nitrogens with zero attached hydrogens (tertiary/aromatic N) is 2. The second-order valence-corrected chi connectivity index (χ2v) is 8.49. The van der Waals surface area contributed by atoms with Crippen molar-refractivity contribution in [3.8, 4) is 23.1 Å². The lowest BCUT2D eigenvalue weighted by Crippen LogP contribution is -2.34. The summed E-state index contributed by atoms with van der Waals surface area (Å²) in [6.45, 7) is 0. The summed E-state index contributed by atoms with van der Waals surface area (Å²) in [6.07, 6.45) is 1.43. The second-order valence-electron chi connectivity index (χ2n) is 6.92. The summed E-state index contributed by atoms with van der Waals surface area (Å²) in [6, 6.07) is 17.9. The zero-order chi connectivity index (χ0) is 24.1. The largest absolute Gasteiger partial charge is 0.493 e. The Bertz CT molecular complexity index is 1370. The minimum atomic E-state index is -0.273. The first-order chi connectivity index (χ1) is 16.5. The van der Waals surface area contributed by atoms with Crippen LogP contribution < -0.4 is 24.8 Å². The van der Waals surface area contributed by atoms with E-state index < -0.39 is 0 Å². The number of hydrogen-bond acceptors (Lipinski definition) is 7. The minimum Gasteiger partial charge on any atom is -0.493 e. The number of rotatable bonds is 6. The highest BCUT2D eigenvalue weighted by Gasteiger charge is 2.13. The van der Waals surface area contributed by atoms with E-state index in [0.717, 1.165) is 3.57 Å². The van der Waals surface area contributed by atoms with Gasteiger partial charge < -0.3 is 19.5 Å². The van der Waals surface area contributed by atoms with Crippen LogP contribution >= 0.6 is 34.8 Å². The Balaban J connectivity index is 1.45. The molecule has 0 aliphatic carbocycles. The molecule has 0 aliphatic rings. The Morgan fingerprint density at radius 3 is 2.38 bits per heavy atom. The first kappa shape index (κ1) is 23.6. The van der Waals surface area contributed by atoms with Crippen LogP contribution in [0.2, 0.25) is 0 Å². The molecule has 34 heavy (non-hydrogen) atoms. The third kappa shape index (κ3) is 5.34. The molecule has 1 aromatic heterocycles. The van der Waals surface area contributed by atoms with Gasteiger partial charge in [-0.15, -0.1) is 0 Å². The molecule has 0 aliphatic heterocycles. The zero-order valence-corrected chi connectivity index (χ0v) is 21.1. The number of hydrogen-bond donors (Lipinski definition) is 2. The molecule has 0 spiro atoms. The summed E-state index contributed by atoms with van der Waals surface area (Å²) >= 11 is 7.38. The number of nitrogens with one attached hydrogen (secondary N) is 2. The lowest BCUT2D eigenvalue weighted by molar-refractivity contribution is 0.0977. The number of fused-ring (bicyclic) bond motifs is 1. The Morgan fingerprint density at radius 1 is 0.971 bits per heavy atom. The molecule has 4 aromatic rings. The molecule has 0 bridgehead atoms. The van der Waals surface area contributed by atoms with Gasteiger partial charge in [0.25, 0.3) is 5.91 Å². The van der Waals surface area contributed by atoms with Gasteiger partial charge in [0.05, 0.1) is 30.7 Å². The zero-order valence-electron chi connectivity index (χ0n) is 18.2. The Morgan fingerprint density at radius 2 is 1.68 bits per heavy atom. The monoisotopic (exact) mass is 586 g/mol. The Hall–Kier alpha value is -3.51. The van der Waals surface area contributed by atoms with Crippen molar-refractivity contribution in [3.05, 3.63) is 76.1 Å². The summed E-state index contributed by atoms with van der Waals surface area (Å²) in [5, 5.41) is 6.56. The predicted molar refractivity (Wildman–Crippen MR) is 142 cm³/mol. The molecule has 1 heterocycles. The number of anilines is 1. The van der Waals surface area contributed by atoms with Crippen LogP contribution in [0.4, 0.5) is 5.69 Å². The average molecular weight is 586 g/mol. The van der Waals surface area contributed by atoms with E-state index in [-0.39, 0.29) is 11.0 Å². The van der Waals surface area contributed by atoms with Crippen LogP contribution in [-0.2, 0) is 0 Å². The van der Waals surface area contributed by atoms with Crippen LogP contribution in [0, 0.1) is 3.57 Å². The first-order valence-corrected chi connectivity index (χ1v) is 11.5. The number of carbonyl (C=O) groups excluding carboxylic acids is 1. The highest BCUT2D eigenvalue weighted by atomic mass is 127. The van der Waals surface area contributed by atoms with Crippen molar-refractivity contribution in [1.29, 1.82) is 0 Å². The molecule has 0 fully saturated rings. The van der Waals surface area contributed by atoms with Crippen LogP contribution in [0.1, 0.15) is 10.4 Å². The molecule has 10 heteroatoms. The molecule has 0 saturated heterocycles. The van der Waals surface area contributed by atoms with E-state index >= 15 is 0 Å². The maximum Gasteiger partial charge on any atom is 0.258 e. The quantitative estimate of drug-likeness (QED) is 0.236. The van der Waals surface area contributed by atoms with Gasteiger partial charge in [0, 0.05) is 15.3 Å². The fraction of sp³-hybridized carbons (Fsp3) is 0.0833. The fourth-order valence-electron chi connectivity index (χ4n) is 3.14. The van der Waals surface area contributed by atoms with Gasteiger partial charge in [-0.05, 0) is 77.3 Å². The summed E-state index contributed by atoms with van der Waals surface area (Å²) < 4.78 is 17.5. The van der Waals surface area contributed by atoms with E-state index in [4.69, 9.17) is 26.4 Å². The van der Waals surface area contributed by atoms with Gasteiger partial charge in [0.15, 0.2) is 16.6 Å². The predicted octanol–water partition coefficient (Wildman–Crippen LogP) is 5.17. The van der Waals surface area contributed by atoms with E-state index in [1.807, 2.05) is 12.1 Å². The van der Waals surface area contributed by atoms with Crippen molar-refractivity contribution in [2.45, 2.75) is 0 Å². The van der Waals surface area contributed by atoms with Crippen molar-refractivity contribution in [1.82, 2.24) is 15.3 Å². The second kappa shape index (κ2) is 10.6. The maximum absolute atomic E-state index is 12.4. The number of aromatic nitrogens is 2. The summed E-state index contributed by atoms with van der Waals surface area (Å²) in [7, 11) is 3.13. The molecular weight excluding hydrogens is 567 g/mol. The van der Waals surface area contributed by atoms with Crippen molar-refractivity contribution in [2.75, 3.05) is 19.5 Å². The number of amides is 1. The van der Waals surface area contributed by atoms with E-state index in [1.165, 1.54) is 6.33 Å². The Kier molecular flexibility index (Phi) is 7.38. The van der Waals surface area contributed by atoms with E-state index in [0.29, 0.717) is 45.3 Å². The fourth-order valence-corrected chi connectivity index (χ4v) is 3.98. The molecule has 8 nitrogen and oxygen atoms in total. The molecule has 1 amide bonds. The third-order valence-corrected chi connectivity index (χ3v) is 5.92. The average Bonchev–Trinajstić information content (AvgIpc) is 2.84. The van der Waals surface area contributed by atoms with Crippen LogP contribution in [0.5, 0.6) is 23.1 Å².